The summed E-state index contributed by atoms with van der Waals surface area (Å²) >= 11 is 0. The lowest BCUT2D eigenvalue weighted by Crippen LogP contribution is -2.46. The highest BCUT2D eigenvalue weighted by atomic mass is 16.5. The van der Waals surface area contributed by atoms with E-state index in [0.29, 0.717) is 24.4 Å². The van der Waals surface area contributed by atoms with Crippen molar-refractivity contribution in [3.8, 4) is 0 Å². The number of hydroxylamine groups is 2. The van der Waals surface area contributed by atoms with Crippen LogP contribution in [0.4, 0.5) is 0 Å². The Morgan fingerprint density at radius 1 is 1.44 bits per heavy atom. The number of likely N-dealkylation sites (tertiary alicyclic amines) is 1. The SMILES string of the molecule is CCCC[C@H](CN(O)C=O)C(=O)N1CC2(CC2)C[C@H]1C(=O)N=C(N)N. The zero-order valence-electron chi connectivity index (χ0n) is 14.6. The molecule has 3 amide bonds. The summed E-state index contributed by atoms with van der Waals surface area (Å²) in [6.07, 6.45) is 5.00. The van der Waals surface area contributed by atoms with Crippen molar-refractivity contribution in [2.24, 2.45) is 27.8 Å². The monoisotopic (exact) mass is 353 g/mol. The Hall–Kier alpha value is -2.16. The van der Waals surface area contributed by atoms with Gasteiger partial charge in [0.15, 0.2) is 5.96 Å². The van der Waals surface area contributed by atoms with E-state index >= 15 is 0 Å². The van der Waals surface area contributed by atoms with Crippen molar-refractivity contribution >= 4 is 24.2 Å². The lowest BCUT2D eigenvalue weighted by atomic mass is 9.99. The second kappa shape index (κ2) is 7.81. The molecule has 2 atom stereocenters. The van der Waals surface area contributed by atoms with Gasteiger partial charge >= 0.3 is 0 Å². The smallest absolute Gasteiger partial charge is 0.271 e. The zero-order valence-corrected chi connectivity index (χ0v) is 14.6. The van der Waals surface area contributed by atoms with Crippen LogP contribution in [0.25, 0.3) is 0 Å². The van der Waals surface area contributed by atoms with Crippen molar-refractivity contribution in [1.29, 1.82) is 0 Å². The van der Waals surface area contributed by atoms with Crippen LogP contribution in [0.15, 0.2) is 4.99 Å². The number of aliphatic imine (C=N–C) groups is 1. The van der Waals surface area contributed by atoms with Crippen molar-refractivity contribution in [2.45, 2.75) is 51.5 Å². The molecule has 1 spiro atoms. The molecular weight excluding hydrogens is 326 g/mol. The van der Waals surface area contributed by atoms with Crippen molar-refractivity contribution in [2.75, 3.05) is 13.1 Å². The molecule has 0 bridgehead atoms. The molecule has 0 aromatic rings. The van der Waals surface area contributed by atoms with Gasteiger partial charge in [-0.15, -0.1) is 0 Å². The number of carbonyl (C=O) groups excluding carboxylic acids is 3. The maximum absolute atomic E-state index is 13.0. The van der Waals surface area contributed by atoms with Crippen LogP contribution in [0, 0.1) is 11.3 Å². The highest BCUT2D eigenvalue weighted by Crippen LogP contribution is 2.55. The van der Waals surface area contributed by atoms with Gasteiger partial charge in [-0.1, -0.05) is 19.8 Å². The molecule has 1 saturated heterocycles. The molecule has 2 fully saturated rings. The summed E-state index contributed by atoms with van der Waals surface area (Å²) in [5, 5.41) is 9.98. The molecule has 9 nitrogen and oxygen atoms in total. The van der Waals surface area contributed by atoms with Crippen LogP contribution in [-0.4, -0.2) is 58.5 Å². The first kappa shape index (κ1) is 19.2. The second-order valence-corrected chi connectivity index (χ2v) is 7.13. The quantitative estimate of drug-likeness (QED) is 0.182. The first-order valence-corrected chi connectivity index (χ1v) is 8.66. The van der Waals surface area contributed by atoms with E-state index in [9.17, 15) is 19.6 Å². The van der Waals surface area contributed by atoms with E-state index < -0.39 is 17.9 Å². The Morgan fingerprint density at radius 3 is 2.64 bits per heavy atom. The fraction of sp³-hybridized carbons (Fsp3) is 0.750. The lowest BCUT2D eigenvalue weighted by Gasteiger charge is -2.28. The predicted octanol–water partition coefficient (Wildman–Crippen LogP) is -0.178. The molecule has 2 aliphatic rings. The van der Waals surface area contributed by atoms with Gasteiger partial charge in [-0.3, -0.25) is 19.6 Å². The number of rotatable bonds is 8. The van der Waals surface area contributed by atoms with E-state index in [0.717, 1.165) is 25.7 Å². The van der Waals surface area contributed by atoms with E-state index in [1.165, 1.54) is 0 Å². The largest absolute Gasteiger partial charge is 0.370 e. The van der Waals surface area contributed by atoms with E-state index in [-0.39, 0.29) is 30.2 Å². The van der Waals surface area contributed by atoms with Crippen molar-refractivity contribution < 1.29 is 19.6 Å². The Morgan fingerprint density at radius 2 is 2.12 bits per heavy atom. The molecule has 0 radical (unpaired) electrons. The third-order valence-electron chi connectivity index (χ3n) is 5.06. The molecule has 2 rings (SSSR count). The Balaban J connectivity index is 2.17. The molecule has 9 heteroatoms. The van der Waals surface area contributed by atoms with Crippen LogP contribution in [0.5, 0.6) is 0 Å². The minimum atomic E-state index is -0.676. The summed E-state index contributed by atoms with van der Waals surface area (Å²) in [7, 11) is 0. The number of carbonyl (C=O) groups is 3. The Labute approximate surface area is 147 Å². The van der Waals surface area contributed by atoms with Gasteiger partial charge in [-0.2, -0.15) is 4.99 Å². The van der Waals surface area contributed by atoms with Gasteiger partial charge in [-0.05, 0) is 31.1 Å². The minimum Gasteiger partial charge on any atom is -0.370 e. The molecule has 140 valence electrons. The van der Waals surface area contributed by atoms with Crippen LogP contribution in [0.2, 0.25) is 0 Å². The number of amides is 3. The summed E-state index contributed by atoms with van der Waals surface area (Å²) in [6, 6.07) is -0.676. The number of hydrogen-bond acceptors (Lipinski definition) is 4. The summed E-state index contributed by atoms with van der Waals surface area (Å²) in [6.45, 7) is 2.41. The first-order valence-electron chi connectivity index (χ1n) is 8.66. The average molecular weight is 353 g/mol. The third kappa shape index (κ3) is 4.68. The van der Waals surface area contributed by atoms with Crippen molar-refractivity contribution in [3.63, 3.8) is 0 Å². The highest BCUT2D eigenvalue weighted by molar-refractivity contribution is 5.96. The van der Waals surface area contributed by atoms with Gasteiger partial charge in [0.25, 0.3) is 5.91 Å². The predicted molar refractivity (Wildman–Crippen MR) is 90.2 cm³/mol. The third-order valence-corrected chi connectivity index (χ3v) is 5.06. The molecule has 0 unspecified atom stereocenters. The maximum Gasteiger partial charge on any atom is 0.271 e. The highest BCUT2D eigenvalue weighted by Gasteiger charge is 2.55. The van der Waals surface area contributed by atoms with Crippen LogP contribution in [0.3, 0.4) is 0 Å². The van der Waals surface area contributed by atoms with Crippen LogP contribution >= 0.6 is 0 Å². The normalized spacial score (nSPS) is 21.7. The fourth-order valence-electron chi connectivity index (χ4n) is 3.50. The minimum absolute atomic E-state index is 0.00622. The topological polar surface area (TPSA) is 142 Å². The Bertz CT molecular complexity index is 557. The summed E-state index contributed by atoms with van der Waals surface area (Å²) < 4.78 is 0. The molecule has 25 heavy (non-hydrogen) atoms. The summed E-state index contributed by atoms with van der Waals surface area (Å²) in [5.41, 5.74) is 10.6. The second-order valence-electron chi connectivity index (χ2n) is 7.13. The van der Waals surface area contributed by atoms with E-state index in [1.807, 2.05) is 6.92 Å². The summed E-state index contributed by atoms with van der Waals surface area (Å²) in [4.78, 5) is 41.2. The number of nitrogens with zero attached hydrogens (tertiary/aromatic N) is 3. The molecule has 1 heterocycles. The van der Waals surface area contributed by atoms with Crippen molar-refractivity contribution in [1.82, 2.24) is 9.96 Å². The first-order chi connectivity index (χ1) is 11.8. The van der Waals surface area contributed by atoms with E-state index in [1.54, 1.807) is 4.90 Å². The number of guanidine groups is 1. The van der Waals surface area contributed by atoms with Crippen LogP contribution in [0.1, 0.15) is 45.4 Å². The number of nitrogens with two attached hydrogens (primary N) is 2. The standard InChI is InChI=1S/C16H27N5O4/c1-2-3-4-11(8-20(25)10-22)14(24)21-9-16(5-6-16)7-12(21)13(23)19-15(17)18/h10-12,25H,2-9H2,1H3,(H4,17,18,19,23)/t11-,12+/m1/s1. The van der Waals surface area contributed by atoms with Gasteiger partial charge in [0.05, 0.1) is 12.5 Å². The zero-order chi connectivity index (χ0) is 18.6. The van der Waals surface area contributed by atoms with Crippen molar-refractivity contribution in [3.05, 3.63) is 0 Å². The molecule has 1 aliphatic carbocycles. The van der Waals surface area contributed by atoms with Gasteiger partial charge in [-0.25, -0.2) is 5.06 Å². The lowest BCUT2D eigenvalue weighted by molar-refractivity contribution is -0.158. The number of unbranched alkanes of at least 4 members (excludes halogenated alkanes) is 1. The number of hydrogen-bond donors (Lipinski definition) is 3. The van der Waals surface area contributed by atoms with Gasteiger partial charge in [0.2, 0.25) is 12.3 Å². The molecular formula is C16H27N5O4. The van der Waals surface area contributed by atoms with Gasteiger partial charge in [0, 0.05) is 6.54 Å². The van der Waals surface area contributed by atoms with Crippen LogP contribution < -0.4 is 11.5 Å². The van der Waals surface area contributed by atoms with Gasteiger partial charge in [0.1, 0.15) is 6.04 Å². The summed E-state index contributed by atoms with van der Waals surface area (Å²) in [5.74, 6) is -1.62. The molecule has 0 aromatic carbocycles. The molecule has 0 aromatic heterocycles. The molecule has 1 saturated carbocycles. The van der Waals surface area contributed by atoms with Crippen LogP contribution in [-0.2, 0) is 14.4 Å². The molecule has 1 aliphatic heterocycles. The van der Waals surface area contributed by atoms with E-state index in [4.69, 9.17) is 11.5 Å². The maximum atomic E-state index is 13.0. The van der Waals surface area contributed by atoms with Gasteiger partial charge < -0.3 is 16.4 Å². The van der Waals surface area contributed by atoms with E-state index in [2.05, 4.69) is 4.99 Å². The Kier molecular flexibility index (Phi) is 5.99. The molecule has 5 N–H and O–H groups in total. The fourth-order valence-corrected chi connectivity index (χ4v) is 3.50. The average Bonchev–Trinajstić information content (AvgIpc) is 3.20.